The first-order valence-electron chi connectivity index (χ1n) is 7.06. The van der Waals surface area contributed by atoms with Gasteiger partial charge < -0.3 is 27.2 Å². The van der Waals surface area contributed by atoms with Gasteiger partial charge in [0.2, 0.25) is 17.7 Å². The summed E-state index contributed by atoms with van der Waals surface area (Å²) >= 11 is 3.96. The predicted molar refractivity (Wildman–Crippen MR) is 86.6 cm³/mol. The molecule has 7 N–H and O–H groups in total. The monoisotopic (exact) mass is 348 g/mol. The van der Waals surface area contributed by atoms with Gasteiger partial charge in [-0.1, -0.05) is 13.8 Å². The lowest BCUT2D eigenvalue weighted by atomic mass is 10.0. The maximum Gasteiger partial charge on any atom is 0.326 e. The van der Waals surface area contributed by atoms with Crippen LogP contribution in [0.1, 0.15) is 26.7 Å². The van der Waals surface area contributed by atoms with E-state index in [-0.39, 0.29) is 24.5 Å². The van der Waals surface area contributed by atoms with Gasteiger partial charge in [0.25, 0.3) is 0 Å². The maximum atomic E-state index is 12.1. The highest BCUT2D eigenvalue weighted by Gasteiger charge is 2.27. The predicted octanol–water partition coefficient (Wildman–Crippen LogP) is -1.78. The Labute approximate surface area is 139 Å². The van der Waals surface area contributed by atoms with Crippen LogP contribution in [0.15, 0.2) is 0 Å². The molecule has 0 aliphatic rings. The first-order valence-corrected chi connectivity index (χ1v) is 7.70. The summed E-state index contributed by atoms with van der Waals surface area (Å²) in [6.45, 7) is 3.64. The minimum absolute atomic E-state index is 0.0597. The first-order chi connectivity index (χ1) is 10.6. The van der Waals surface area contributed by atoms with Crippen molar-refractivity contribution in [3.63, 3.8) is 0 Å². The van der Waals surface area contributed by atoms with Crippen molar-refractivity contribution in [3.05, 3.63) is 0 Å². The van der Waals surface area contributed by atoms with Gasteiger partial charge in [-0.05, 0) is 12.3 Å². The van der Waals surface area contributed by atoms with Gasteiger partial charge in [0, 0.05) is 5.75 Å². The van der Waals surface area contributed by atoms with E-state index in [2.05, 4.69) is 23.3 Å². The van der Waals surface area contributed by atoms with E-state index in [1.807, 2.05) is 13.8 Å². The van der Waals surface area contributed by atoms with Crippen LogP contribution in [-0.2, 0) is 19.2 Å². The van der Waals surface area contributed by atoms with Crippen LogP contribution in [0, 0.1) is 5.92 Å². The van der Waals surface area contributed by atoms with E-state index in [9.17, 15) is 19.2 Å². The van der Waals surface area contributed by atoms with Crippen LogP contribution in [0.2, 0.25) is 0 Å². The van der Waals surface area contributed by atoms with Crippen LogP contribution in [0.3, 0.4) is 0 Å². The third kappa shape index (κ3) is 8.41. The Balaban J connectivity index is 4.75. The number of amides is 3. The number of nitrogens with two attached hydrogens (primary N) is 2. The fourth-order valence-electron chi connectivity index (χ4n) is 1.75. The Morgan fingerprint density at radius 1 is 1.09 bits per heavy atom. The van der Waals surface area contributed by atoms with Gasteiger partial charge in [-0.3, -0.25) is 14.4 Å². The lowest BCUT2D eigenvalue weighted by Gasteiger charge is -2.22. The van der Waals surface area contributed by atoms with E-state index in [4.69, 9.17) is 16.6 Å². The Bertz CT molecular complexity index is 458. The SMILES string of the molecule is CC(C)CC(NC(=O)C(CS)NC(=O)C(N)CC(N)=O)C(=O)O. The number of hydrogen-bond donors (Lipinski definition) is 6. The van der Waals surface area contributed by atoms with E-state index < -0.39 is 41.8 Å². The minimum Gasteiger partial charge on any atom is -0.480 e. The first kappa shape index (κ1) is 21.2. The third-order valence-electron chi connectivity index (χ3n) is 2.90. The summed E-state index contributed by atoms with van der Waals surface area (Å²) in [5.74, 6) is -3.34. The summed E-state index contributed by atoms with van der Waals surface area (Å²) < 4.78 is 0. The van der Waals surface area contributed by atoms with Crippen LogP contribution in [0.25, 0.3) is 0 Å². The average Bonchev–Trinajstić information content (AvgIpc) is 2.41. The number of carbonyl (C=O) groups excluding carboxylic acids is 3. The number of hydrogen-bond acceptors (Lipinski definition) is 6. The highest BCUT2D eigenvalue weighted by molar-refractivity contribution is 7.80. The second-order valence-electron chi connectivity index (χ2n) is 5.55. The fraction of sp³-hybridized carbons (Fsp3) is 0.692. The molecule has 0 rings (SSSR count). The number of thiol groups is 1. The maximum absolute atomic E-state index is 12.1. The molecule has 3 unspecified atom stereocenters. The summed E-state index contributed by atoms with van der Waals surface area (Å²) in [6.07, 6.45) is -0.118. The molecule has 9 nitrogen and oxygen atoms in total. The van der Waals surface area contributed by atoms with Crippen molar-refractivity contribution in [2.45, 2.75) is 44.8 Å². The van der Waals surface area contributed by atoms with Crippen molar-refractivity contribution < 1.29 is 24.3 Å². The van der Waals surface area contributed by atoms with E-state index in [0.29, 0.717) is 0 Å². The zero-order chi connectivity index (χ0) is 18.2. The second kappa shape index (κ2) is 10.1. The molecule has 0 saturated heterocycles. The van der Waals surface area contributed by atoms with E-state index >= 15 is 0 Å². The quantitative estimate of drug-likeness (QED) is 0.255. The molecule has 0 spiro atoms. The van der Waals surface area contributed by atoms with Crippen LogP contribution >= 0.6 is 12.6 Å². The van der Waals surface area contributed by atoms with Crippen molar-refractivity contribution in [3.8, 4) is 0 Å². The molecule has 132 valence electrons. The summed E-state index contributed by atoms with van der Waals surface area (Å²) in [7, 11) is 0. The molecule has 0 heterocycles. The molecule has 0 bridgehead atoms. The van der Waals surface area contributed by atoms with Gasteiger partial charge >= 0.3 is 5.97 Å². The molecule has 0 saturated carbocycles. The zero-order valence-corrected chi connectivity index (χ0v) is 14.0. The molecular formula is C13H24N4O5S. The Kier molecular flexibility index (Phi) is 9.27. The van der Waals surface area contributed by atoms with Crippen molar-refractivity contribution in [1.29, 1.82) is 0 Å². The lowest BCUT2D eigenvalue weighted by molar-refractivity contribution is -0.142. The summed E-state index contributed by atoms with van der Waals surface area (Å²) in [6, 6.07) is -3.33. The van der Waals surface area contributed by atoms with Crippen molar-refractivity contribution >= 4 is 36.3 Å². The van der Waals surface area contributed by atoms with Crippen molar-refractivity contribution in [2.75, 3.05) is 5.75 Å². The minimum atomic E-state index is -1.19. The van der Waals surface area contributed by atoms with Gasteiger partial charge in [0.1, 0.15) is 12.1 Å². The van der Waals surface area contributed by atoms with Gasteiger partial charge in [-0.25, -0.2) is 4.79 Å². The molecule has 23 heavy (non-hydrogen) atoms. The van der Waals surface area contributed by atoms with Crippen LogP contribution in [0.4, 0.5) is 0 Å². The standard InChI is InChI=1S/C13H24N4O5S/c1-6(2)3-8(13(21)22)16-12(20)9(5-23)17-11(19)7(14)4-10(15)18/h6-9,23H,3-5,14H2,1-2H3,(H2,15,18)(H,16,20)(H,17,19)(H,21,22). The highest BCUT2D eigenvalue weighted by Crippen LogP contribution is 2.05. The molecular weight excluding hydrogens is 324 g/mol. The zero-order valence-electron chi connectivity index (χ0n) is 13.1. The normalized spacial score (nSPS) is 14.7. The Morgan fingerprint density at radius 3 is 2.00 bits per heavy atom. The Hall–Kier alpha value is -1.81. The molecule has 3 amide bonds. The average molecular weight is 348 g/mol. The second-order valence-corrected chi connectivity index (χ2v) is 5.91. The molecule has 0 aromatic heterocycles. The molecule has 0 aliphatic heterocycles. The summed E-state index contributed by atoms with van der Waals surface area (Å²) in [4.78, 5) is 45.7. The van der Waals surface area contributed by atoms with E-state index in [1.54, 1.807) is 0 Å². The number of primary amides is 1. The molecule has 10 heteroatoms. The van der Waals surface area contributed by atoms with E-state index in [0.717, 1.165) is 0 Å². The van der Waals surface area contributed by atoms with E-state index in [1.165, 1.54) is 0 Å². The smallest absolute Gasteiger partial charge is 0.326 e. The van der Waals surface area contributed by atoms with Crippen LogP contribution < -0.4 is 22.1 Å². The van der Waals surface area contributed by atoms with Gasteiger partial charge in [-0.2, -0.15) is 12.6 Å². The number of aliphatic carboxylic acids is 1. The van der Waals surface area contributed by atoms with Crippen molar-refractivity contribution in [2.24, 2.45) is 17.4 Å². The summed E-state index contributed by atoms with van der Waals surface area (Å²) in [5.41, 5.74) is 10.4. The molecule has 0 aromatic rings. The van der Waals surface area contributed by atoms with Crippen LogP contribution in [0.5, 0.6) is 0 Å². The number of rotatable bonds is 10. The number of carboxylic acid groups (broad SMARTS) is 1. The highest BCUT2D eigenvalue weighted by atomic mass is 32.1. The van der Waals surface area contributed by atoms with Gasteiger partial charge in [0.15, 0.2) is 0 Å². The lowest BCUT2D eigenvalue weighted by Crippen LogP contribution is -2.55. The van der Waals surface area contributed by atoms with Crippen LogP contribution in [-0.4, -0.2) is 52.7 Å². The van der Waals surface area contributed by atoms with Gasteiger partial charge in [0.05, 0.1) is 12.5 Å². The number of carboxylic acids is 1. The molecule has 3 atom stereocenters. The Morgan fingerprint density at radius 2 is 1.61 bits per heavy atom. The molecule has 0 aliphatic carbocycles. The molecule has 0 fully saturated rings. The number of nitrogens with one attached hydrogen (secondary N) is 2. The topological polar surface area (TPSA) is 165 Å². The molecule has 0 radical (unpaired) electrons. The number of carbonyl (C=O) groups is 4. The largest absolute Gasteiger partial charge is 0.480 e. The van der Waals surface area contributed by atoms with Gasteiger partial charge in [-0.15, -0.1) is 0 Å². The third-order valence-corrected chi connectivity index (χ3v) is 3.26. The van der Waals surface area contributed by atoms with Crippen molar-refractivity contribution in [1.82, 2.24) is 10.6 Å². The summed E-state index contributed by atoms with van der Waals surface area (Å²) in [5, 5.41) is 13.8. The molecule has 0 aromatic carbocycles. The fourth-order valence-corrected chi connectivity index (χ4v) is 2.00.